The lowest BCUT2D eigenvalue weighted by molar-refractivity contribution is -0.167. The van der Waals surface area contributed by atoms with E-state index in [1.54, 1.807) is 0 Å². The molecule has 0 aliphatic rings. The molecule has 0 radical (unpaired) electrons. The highest BCUT2D eigenvalue weighted by Gasteiger charge is 2.19. The molecule has 1 atom stereocenters. The first kappa shape index (κ1) is 73.5. The molecule has 0 saturated carbocycles. The Hall–Kier alpha value is -4.45. The monoisotopic (exact) mass is 1080 g/mol. The molecule has 0 fully saturated rings. The molecule has 0 rings (SSSR count). The molecule has 0 heterocycles. The van der Waals surface area contributed by atoms with Gasteiger partial charge in [-0.05, 0) is 122 Å². The molecule has 0 aliphatic carbocycles. The van der Waals surface area contributed by atoms with E-state index in [4.69, 9.17) is 14.2 Å². The van der Waals surface area contributed by atoms with E-state index in [2.05, 4.69) is 154 Å². The van der Waals surface area contributed by atoms with Crippen LogP contribution < -0.4 is 0 Å². The van der Waals surface area contributed by atoms with Crippen molar-refractivity contribution in [1.82, 2.24) is 0 Å². The Bertz CT molecular complexity index is 1670. The third kappa shape index (κ3) is 62.4. The van der Waals surface area contributed by atoms with E-state index in [1.165, 1.54) is 103 Å². The molecule has 442 valence electrons. The highest BCUT2D eigenvalue weighted by Crippen LogP contribution is 2.15. The molecule has 1 unspecified atom stereocenters. The van der Waals surface area contributed by atoms with Crippen LogP contribution in [-0.2, 0) is 28.6 Å². The predicted octanol–water partition coefficient (Wildman–Crippen LogP) is 22.2. The first-order chi connectivity index (χ1) is 38.5. The van der Waals surface area contributed by atoms with Crippen LogP contribution in [0.2, 0.25) is 0 Å². The fourth-order valence-corrected chi connectivity index (χ4v) is 8.58. The van der Waals surface area contributed by atoms with Crippen LogP contribution >= 0.6 is 0 Å². The molecule has 0 saturated heterocycles. The maximum atomic E-state index is 12.8. The lowest BCUT2D eigenvalue weighted by atomic mass is 10.1. The first-order valence-corrected chi connectivity index (χ1v) is 32.2. The fraction of sp³-hybridized carbons (Fsp3) is 0.653. The Morgan fingerprint density at radius 3 is 0.782 bits per heavy atom. The van der Waals surface area contributed by atoms with Gasteiger partial charge in [-0.15, -0.1) is 0 Å². The van der Waals surface area contributed by atoms with Gasteiger partial charge in [0, 0.05) is 19.3 Å². The maximum absolute atomic E-state index is 12.8. The molecule has 0 N–H and O–H groups in total. The third-order valence-electron chi connectivity index (χ3n) is 13.4. The van der Waals surface area contributed by atoms with Crippen molar-refractivity contribution in [3.63, 3.8) is 0 Å². The largest absolute Gasteiger partial charge is 0.462 e. The SMILES string of the molecule is CC/C=C\C/C=C\C/C=C\C/C=C\C/C=C\C/C=C\C/C=C\C/C=C\C/C=C\CCCCCCCC(=O)OCC(COC(=O)CCCCCCCC)OC(=O)CCCCCCCCCCC/C=C\C/C=C\CCCCCCC. The molecule has 0 aromatic rings. The molecule has 0 spiro atoms. The van der Waals surface area contributed by atoms with Gasteiger partial charge in [0.25, 0.3) is 0 Å². The summed E-state index contributed by atoms with van der Waals surface area (Å²) in [4.78, 5) is 38.0. The van der Waals surface area contributed by atoms with Gasteiger partial charge in [-0.2, -0.15) is 0 Å². The Balaban J connectivity index is 4.17. The van der Waals surface area contributed by atoms with Crippen molar-refractivity contribution in [3.8, 4) is 0 Å². The van der Waals surface area contributed by atoms with Crippen molar-refractivity contribution in [2.75, 3.05) is 13.2 Å². The minimum absolute atomic E-state index is 0.0883. The summed E-state index contributed by atoms with van der Waals surface area (Å²) >= 11 is 0. The molecule has 0 aromatic heterocycles. The Kier molecular flexibility index (Phi) is 61.4. The molecule has 6 heteroatoms. The van der Waals surface area contributed by atoms with Gasteiger partial charge >= 0.3 is 17.9 Å². The summed E-state index contributed by atoms with van der Waals surface area (Å²) in [6.45, 7) is 6.44. The summed E-state index contributed by atoms with van der Waals surface area (Å²) in [5.74, 6) is -0.922. The van der Waals surface area contributed by atoms with Gasteiger partial charge in [-0.25, -0.2) is 0 Å². The van der Waals surface area contributed by atoms with E-state index in [0.717, 1.165) is 141 Å². The van der Waals surface area contributed by atoms with Gasteiger partial charge in [0.1, 0.15) is 13.2 Å². The van der Waals surface area contributed by atoms with E-state index in [1.807, 2.05) is 0 Å². The zero-order valence-corrected chi connectivity index (χ0v) is 50.6. The number of unbranched alkanes of at least 4 members (excludes halogenated alkanes) is 24. The van der Waals surface area contributed by atoms with Gasteiger partial charge in [0.2, 0.25) is 0 Å². The second kappa shape index (κ2) is 65.1. The molecular formula is C72H118O6. The lowest BCUT2D eigenvalue weighted by Crippen LogP contribution is -2.30. The molecule has 0 bridgehead atoms. The minimum Gasteiger partial charge on any atom is -0.462 e. The third-order valence-corrected chi connectivity index (χ3v) is 13.4. The summed E-state index contributed by atoms with van der Waals surface area (Å²) in [6, 6.07) is 0. The maximum Gasteiger partial charge on any atom is 0.306 e. The number of ether oxygens (including phenoxy) is 3. The van der Waals surface area contributed by atoms with Crippen LogP contribution in [0.15, 0.2) is 134 Å². The van der Waals surface area contributed by atoms with Gasteiger partial charge in [0.15, 0.2) is 6.10 Å². The first-order valence-electron chi connectivity index (χ1n) is 32.2. The van der Waals surface area contributed by atoms with Crippen LogP contribution in [0.25, 0.3) is 0 Å². The topological polar surface area (TPSA) is 78.9 Å². The van der Waals surface area contributed by atoms with Gasteiger partial charge < -0.3 is 14.2 Å². The molecule has 0 aliphatic heterocycles. The average Bonchev–Trinajstić information content (AvgIpc) is 3.44. The highest BCUT2D eigenvalue weighted by atomic mass is 16.6. The molecule has 6 nitrogen and oxygen atoms in total. The van der Waals surface area contributed by atoms with Gasteiger partial charge in [-0.3, -0.25) is 14.4 Å². The summed E-state index contributed by atoms with van der Waals surface area (Å²) in [5.41, 5.74) is 0. The highest BCUT2D eigenvalue weighted by molar-refractivity contribution is 5.71. The van der Waals surface area contributed by atoms with Crippen molar-refractivity contribution in [2.45, 2.75) is 290 Å². The second-order valence-electron chi connectivity index (χ2n) is 20.9. The zero-order valence-electron chi connectivity index (χ0n) is 50.6. The van der Waals surface area contributed by atoms with E-state index >= 15 is 0 Å². The van der Waals surface area contributed by atoms with Crippen molar-refractivity contribution >= 4 is 17.9 Å². The quantitative estimate of drug-likeness (QED) is 0.0261. The number of hydrogen-bond donors (Lipinski definition) is 0. The van der Waals surface area contributed by atoms with Crippen molar-refractivity contribution in [3.05, 3.63) is 134 Å². The van der Waals surface area contributed by atoms with Crippen LogP contribution in [0.5, 0.6) is 0 Å². The number of esters is 3. The van der Waals surface area contributed by atoms with Crippen molar-refractivity contribution < 1.29 is 28.6 Å². The Morgan fingerprint density at radius 1 is 0.269 bits per heavy atom. The fourth-order valence-electron chi connectivity index (χ4n) is 8.58. The standard InChI is InChI=1S/C72H118O6/c1-4-7-10-13-16-18-20-22-24-26-28-30-31-32-33-34-35-36-37-38-39-40-41-43-44-46-48-50-52-54-56-59-62-65-71(74)77-68-69(67-76-70(73)64-61-58-15-12-9-6-3)78-72(75)66-63-60-57-55-53-51-49-47-45-42-29-27-25-23-21-19-17-14-11-8-5-2/h7,10,16,18,21-24,27-30,32-33,35-36,38-39,41,43,46,48,69H,4-6,8-9,11-15,17,19-20,25-26,31,34,37,40,42,44-45,47,49-68H2,1-3H3/b10-7-,18-16-,23-21-,24-22-,29-27-,30-28-,33-32-,36-35-,39-38-,43-41-,48-46-. The van der Waals surface area contributed by atoms with Crippen molar-refractivity contribution in [2.24, 2.45) is 0 Å². The van der Waals surface area contributed by atoms with Gasteiger partial charge in [-0.1, -0.05) is 276 Å². The number of carbonyl (C=O) groups is 3. The lowest BCUT2D eigenvalue weighted by Gasteiger charge is -2.18. The summed E-state index contributed by atoms with van der Waals surface area (Å²) in [5, 5.41) is 0. The van der Waals surface area contributed by atoms with Crippen LogP contribution in [0.3, 0.4) is 0 Å². The average molecular weight is 1080 g/mol. The van der Waals surface area contributed by atoms with Crippen LogP contribution in [0, 0.1) is 0 Å². The van der Waals surface area contributed by atoms with Gasteiger partial charge in [0.05, 0.1) is 0 Å². The summed E-state index contributed by atoms with van der Waals surface area (Å²) in [6.07, 6.45) is 92.0. The number of hydrogen-bond acceptors (Lipinski definition) is 6. The molecule has 0 aromatic carbocycles. The Labute approximate surface area is 481 Å². The second-order valence-corrected chi connectivity index (χ2v) is 20.9. The van der Waals surface area contributed by atoms with Crippen molar-refractivity contribution in [1.29, 1.82) is 0 Å². The van der Waals surface area contributed by atoms with E-state index < -0.39 is 6.10 Å². The summed E-state index contributed by atoms with van der Waals surface area (Å²) in [7, 11) is 0. The van der Waals surface area contributed by atoms with Crippen LogP contribution in [-0.4, -0.2) is 37.2 Å². The van der Waals surface area contributed by atoms with E-state index in [0.29, 0.717) is 19.3 Å². The predicted molar refractivity (Wildman–Crippen MR) is 339 cm³/mol. The Morgan fingerprint density at radius 2 is 0.500 bits per heavy atom. The molecule has 0 amide bonds. The number of carbonyl (C=O) groups excluding carboxylic acids is 3. The zero-order chi connectivity index (χ0) is 56.4. The van der Waals surface area contributed by atoms with Crippen LogP contribution in [0.4, 0.5) is 0 Å². The summed E-state index contributed by atoms with van der Waals surface area (Å²) < 4.78 is 16.8. The molecular weight excluding hydrogens is 961 g/mol. The number of rotatable bonds is 57. The smallest absolute Gasteiger partial charge is 0.306 e. The van der Waals surface area contributed by atoms with Crippen LogP contribution in [0.1, 0.15) is 284 Å². The normalized spacial score (nSPS) is 13.0. The molecule has 78 heavy (non-hydrogen) atoms. The minimum atomic E-state index is -0.790. The van der Waals surface area contributed by atoms with E-state index in [9.17, 15) is 14.4 Å². The van der Waals surface area contributed by atoms with E-state index in [-0.39, 0.29) is 31.1 Å². The number of allylic oxidation sites excluding steroid dienone is 22.